The highest BCUT2D eigenvalue weighted by Gasteiger charge is 2.18. The maximum absolute atomic E-state index is 12.3. The topological polar surface area (TPSA) is 97.1 Å². The van der Waals surface area contributed by atoms with Crippen LogP contribution >= 0.6 is 0 Å². The first-order valence-corrected chi connectivity index (χ1v) is 6.76. The molecule has 0 aliphatic rings. The van der Waals surface area contributed by atoms with E-state index in [0.717, 1.165) is 5.39 Å². The van der Waals surface area contributed by atoms with E-state index in [2.05, 4.69) is 15.6 Å². The second kappa shape index (κ2) is 6.21. The van der Waals surface area contributed by atoms with Gasteiger partial charge in [-0.25, -0.2) is 4.98 Å². The van der Waals surface area contributed by atoms with Gasteiger partial charge in [-0.3, -0.25) is 9.59 Å². The van der Waals surface area contributed by atoms with E-state index in [1.807, 2.05) is 25.1 Å². The monoisotopic (exact) mass is 286 g/mol. The van der Waals surface area contributed by atoms with Gasteiger partial charge in [0.25, 0.3) is 5.91 Å². The molecule has 2 aromatic rings. The summed E-state index contributed by atoms with van der Waals surface area (Å²) in [6.45, 7) is 3.98. The Kier molecular flexibility index (Phi) is 4.37. The molecule has 1 aromatic carbocycles. The number of amides is 2. The number of carbonyl (C=O) groups is 2. The lowest BCUT2D eigenvalue weighted by Crippen LogP contribution is -2.44. The summed E-state index contributed by atoms with van der Waals surface area (Å²) in [6, 6.07) is 6.65. The molecule has 0 aliphatic carbocycles. The molecule has 2 rings (SSSR count). The number of rotatable bonds is 4. The van der Waals surface area contributed by atoms with Crippen LogP contribution in [0.3, 0.4) is 0 Å². The molecule has 0 saturated heterocycles. The quantitative estimate of drug-likeness (QED) is 0.783. The van der Waals surface area contributed by atoms with E-state index >= 15 is 0 Å². The fourth-order valence-corrected chi connectivity index (χ4v) is 2.06. The average molecular weight is 286 g/mol. The van der Waals surface area contributed by atoms with Gasteiger partial charge in [0.05, 0.1) is 5.56 Å². The average Bonchev–Trinajstić information content (AvgIpc) is 2.48. The number of nitrogens with zero attached hydrogens (tertiary/aromatic N) is 1. The highest BCUT2D eigenvalue weighted by molar-refractivity contribution is 6.09. The fourth-order valence-electron chi connectivity index (χ4n) is 2.06. The molecule has 1 unspecified atom stereocenters. The summed E-state index contributed by atoms with van der Waals surface area (Å²) in [5.74, 6) is -0.199. The van der Waals surface area contributed by atoms with Gasteiger partial charge in [0.15, 0.2) is 0 Å². The van der Waals surface area contributed by atoms with Crippen LogP contribution in [0.1, 0.15) is 24.2 Å². The lowest BCUT2D eigenvalue weighted by atomic mass is 10.1. The van der Waals surface area contributed by atoms with Crippen LogP contribution in [-0.4, -0.2) is 29.4 Å². The Morgan fingerprint density at radius 3 is 2.62 bits per heavy atom. The first kappa shape index (κ1) is 14.8. The molecule has 4 N–H and O–H groups in total. The van der Waals surface area contributed by atoms with Gasteiger partial charge in [-0.2, -0.15) is 0 Å². The highest BCUT2D eigenvalue weighted by Crippen LogP contribution is 2.22. The molecule has 6 heteroatoms. The van der Waals surface area contributed by atoms with E-state index in [4.69, 9.17) is 5.73 Å². The van der Waals surface area contributed by atoms with Crippen LogP contribution in [-0.2, 0) is 4.79 Å². The summed E-state index contributed by atoms with van der Waals surface area (Å²) >= 11 is 0. The summed E-state index contributed by atoms with van der Waals surface area (Å²) in [6.07, 6.45) is 1.43. The Hall–Kier alpha value is -2.63. The second-order valence-corrected chi connectivity index (χ2v) is 4.69. The number of fused-ring (bicyclic) bond motifs is 1. The third kappa shape index (κ3) is 3.10. The lowest BCUT2D eigenvalue weighted by Gasteiger charge is -2.14. The molecular weight excluding hydrogens is 268 g/mol. The van der Waals surface area contributed by atoms with Crippen molar-refractivity contribution in [3.63, 3.8) is 0 Å². The maximum Gasteiger partial charge on any atom is 0.254 e. The van der Waals surface area contributed by atoms with Crippen molar-refractivity contribution in [1.29, 1.82) is 0 Å². The number of nitrogens with two attached hydrogens (primary N) is 1. The van der Waals surface area contributed by atoms with Crippen LogP contribution in [0.25, 0.3) is 10.8 Å². The third-order valence-electron chi connectivity index (χ3n) is 3.16. The van der Waals surface area contributed by atoms with Crippen LogP contribution < -0.4 is 16.4 Å². The number of nitrogen functional groups attached to an aromatic ring is 1. The number of likely N-dealkylation sites (N-methyl/N-ethyl adjacent to an activating group) is 1. The molecule has 0 fully saturated rings. The zero-order chi connectivity index (χ0) is 15.4. The Labute approximate surface area is 122 Å². The molecule has 1 aromatic heterocycles. The zero-order valence-electron chi connectivity index (χ0n) is 12.0. The molecule has 0 spiro atoms. The van der Waals surface area contributed by atoms with E-state index in [0.29, 0.717) is 23.3 Å². The number of anilines is 1. The van der Waals surface area contributed by atoms with Crippen LogP contribution in [0.4, 0.5) is 5.82 Å². The number of benzene rings is 1. The minimum atomic E-state index is -0.617. The Morgan fingerprint density at radius 1 is 1.29 bits per heavy atom. The molecular formula is C15H18N4O2. The van der Waals surface area contributed by atoms with E-state index in [9.17, 15) is 9.59 Å². The SMILES string of the molecule is CCNC(=O)C(C)NC(=O)c1cnc(N)c2ccccc12. The van der Waals surface area contributed by atoms with Crippen molar-refractivity contribution < 1.29 is 9.59 Å². The van der Waals surface area contributed by atoms with E-state index < -0.39 is 6.04 Å². The van der Waals surface area contributed by atoms with Gasteiger partial charge in [-0.05, 0) is 19.2 Å². The summed E-state index contributed by atoms with van der Waals surface area (Å²) in [5, 5.41) is 6.75. The number of pyridine rings is 1. The first-order chi connectivity index (χ1) is 10.0. The van der Waals surface area contributed by atoms with Crippen LogP contribution in [0, 0.1) is 0 Å². The highest BCUT2D eigenvalue weighted by atomic mass is 16.2. The second-order valence-electron chi connectivity index (χ2n) is 4.69. The minimum absolute atomic E-state index is 0.224. The van der Waals surface area contributed by atoms with Crippen molar-refractivity contribution in [2.75, 3.05) is 12.3 Å². The number of aromatic nitrogens is 1. The summed E-state index contributed by atoms with van der Waals surface area (Å²) < 4.78 is 0. The van der Waals surface area contributed by atoms with Gasteiger partial charge in [-0.15, -0.1) is 0 Å². The third-order valence-corrected chi connectivity index (χ3v) is 3.16. The van der Waals surface area contributed by atoms with Gasteiger partial charge in [0.1, 0.15) is 11.9 Å². The van der Waals surface area contributed by atoms with Crippen LogP contribution in [0.5, 0.6) is 0 Å². The van der Waals surface area contributed by atoms with Crippen molar-refractivity contribution in [3.8, 4) is 0 Å². The fraction of sp³-hybridized carbons (Fsp3) is 0.267. The van der Waals surface area contributed by atoms with Crippen molar-refractivity contribution in [2.45, 2.75) is 19.9 Å². The smallest absolute Gasteiger partial charge is 0.254 e. The van der Waals surface area contributed by atoms with Crippen molar-refractivity contribution in [2.24, 2.45) is 0 Å². The number of hydrogen-bond donors (Lipinski definition) is 3. The number of nitrogens with one attached hydrogen (secondary N) is 2. The van der Waals surface area contributed by atoms with Gasteiger partial charge < -0.3 is 16.4 Å². The molecule has 0 aliphatic heterocycles. The zero-order valence-corrected chi connectivity index (χ0v) is 12.0. The van der Waals surface area contributed by atoms with Crippen molar-refractivity contribution >= 4 is 28.4 Å². The van der Waals surface area contributed by atoms with Crippen LogP contribution in [0.2, 0.25) is 0 Å². The van der Waals surface area contributed by atoms with Gasteiger partial charge >= 0.3 is 0 Å². The number of carbonyl (C=O) groups excluding carboxylic acids is 2. The molecule has 0 bridgehead atoms. The predicted molar refractivity (Wildman–Crippen MR) is 81.8 cm³/mol. The van der Waals surface area contributed by atoms with Crippen molar-refractivity contribution in [3.05, 3.63) is 36.0 Å². The normalized spacial score (nSPS) is 11.9. The Morgan fingerprint density at radius 2 is 1.95 bits per heavy atom. The lowest BCUT2D eigenvalue weighted by molar-refractivity contribution is -0.122. The Balaban J connectivity index is 2.28. The van der Waals surface area contributed by atoms with E-state index in [1.54, 1.807) is 13.0 Å². The maximum atomic E-state index is 12.3. The molecule has 110 valence electrons. The van der Waals surface area contributed by atoms with Gasteiger partial charge in [0, 0.05) is 18.1 Å². The summed E-state index contributed by atoms with van der Waals surface area (Å²) in [5.41, 5.74) is 6.21. The predicted octanol–water partition coefficient (Wildman–Crippen LogP) is 1.07. The molecule has 2 amide bonds. The first-order valence-electron chi connectivity index (χ1n) is 6.76. The molecule has 1 atom stereocenters. The van der Waals surface area contributed by atoms with E-state index in [-0.39, 0.29) is 11.8 Å². The van der Waals surface area contributed by atoms with Crippen molar-refractivity contribution in [1.82, 2.24) is 15.6 Å². The molecule has 0 radical (unpaired) electrons. The van der Waals surface area contributed by atoms with Gasteiger partial charge in [0.2, 0.25) is 5.91 Å². The molecule has 6 nitrogen and oxygen atoms in total. The molecule has 21 heavy (non-hydrogen) atoms. The summed E-state index contributed by atoms with van der Waals surface area (Å²) in [7, 11) is 0. The molecule has 1 heterocycles. The standard InChI is InChI=1S/C15H18N4O2/c1-3-17-14(20)9(2)19-15(21)12-8-18-13(16)11-7-5-4-6-10(11)12/h4-9H,3H2,1-2H3,(H2,16,18)(H,17,20)(H,19,21). The largest absolute Gasteiger partial charge is 0.383 e. The molecule has 0 saturated carbocycles. The minimum Gasteiger partial charge on any atom is -0.383 e. The van der Waals surface area contributed by atoms with E-state index in [1.165, 1.54) is 6.20 Å². The van der Waals surface area contributed by atoms with Crippen LogP contribution in [0.15, 0.2) is 30.5 Å². The number of hydrogen-bond acceptors (Lipinski definition) is 4. The Bertz CT molecular complexity index is 684. The van der Waals surface area contributed by atoms with Gasteiger partial charge in [-0.1, -0.05) is 24.3 Å². The summed E-state index contributed by atoms with van der Waals surface area (Å²) in [4.78, 5) is 28.0.